The molecule has 3 aromatic rings. The number of nitrogens with one attached hydrogen (secondary N) is 1. The third kappa shape index (κ3) is 2.92. The molecule has 2 aromatic carbocycles. The van der Waals surface area contributed by atoms with Crippen molar-refractivity contribution in [1.82, 2.24) is 4.57 Å². The fraction of sp³-hybridized carbons (Fsp3) is 0.222. The Morgan fingerprint density at radius 2 is 1.95 bits per heavy atom. The molecule has 0 aliphatic carbocycles. The second kappa shape index (κ2) is 6.00. The number of anilines is 1. The van der Waals surface area contributed by atoms with Gasteiger partial charge in [-0.25, -0.2) is 4.39 Å². The largest absolute Gasteiger partial charge is 0.383 e. The predicted octanol–water partition coefficient (Wildman–Crippen LogP) is 4.45. The normalized spacial score (nSPS) is 11.0. The molecule has 0 radical (unpaired) electrons. The molecule has 0 unspecified atom stereocenters. The fourth-order valence-corrected chi connectivity index (χ4v) is 2.73. The minimum atomic E-state index is -0.209. The molecule has 21 heavy (non-hydrogen) atoms. The van der Waals surface area contributed by atoms with Gasteiger partial charge in [-0.1, -0.05) is 31.2 Å². The lowest BCUT2D eigenvalue weighted by atomic mass is 10.1. The van der Waals surface area contributed by atoms with Crippen molar-refractivity contribution in [3.63, 3.8) is 0 Å². The summed E-state index contributed by atoms with van der Waals surface area (Å²) in [4.78, 5) is 0. The number of fused-ring (bicyclic) bond motifs is 1. The minimum Gasteiger partial charge on any atom is -0.383 e. The summed E-state index contributed by atoms with van der Waals surface area (Å²) >= 11 is 0. The van der Waals surface area contributed by atoms with E-state index in [1.54, 1.807) is 6.07 Å². The lowest BCUT2D eigenvalue weighted by molar-refractivity contribution is 0.628. The van der Waals surface area contributed by atoms with Gasteiger partial charge in [0.05, 0.1) is 5.52 Å². The molecule has 1 N–H and O–H groups in total. The zero-order valence-electron chi connectivity index (χ0n) is 12.1. The first-order chi connectivity index (χ1) is 10.3. The summed E-state index contributed by atoms with van der Waals surface area (Å²) in [6.45, 7) is 3.80. The Labute approximate surface area is 124 Å². The van der Waals surface area contributed by atoms with Crippen LogP contribution in [0.2, 0.25) is 0 Å². The van der Waals surface area contributed by atoms with Crippen molar-refractivity contribution in [2.45, 2.75) is 19.9 Å². The molecular formula is C18H19FN2. The Balaban J connectivity index is 1.74. The predicted molar refractivity (Wildman–Crippen MR) is 86.2 cm³/mol. The highest BCUT2D eigenvalue weighted by atomic mass is 19.1. The van der Waals surface area contributed by atoms with E-state index < -0.39 is 0 Å². The molecule has 0 bridgehead atoms. The summed E-state index contributed by atoms with van der Waals surface area (Å²) in [7, 11) is 0. The maximum Gasteiger partial charge on any atom is 0.125 e. The van der Waals surface area contributed by atoms with E-state index in [0.717, 1.165) is 25.2 Å². The second-order valence-corrected chi connectivity index (χ2v) is 5.15. The van der Waals surface area contributed by atoms with Crippen LogP contribution >= 0.6 is 0 Å². The second-order valence-electron chi connectivity index (χ2n) is 5.15. The standard InChI is InChI=1S/C18H19FN2/c1-2-14-5-3-6-15-9-11-21(18(14)15)12-10-20-17-8-4-7-16(19)13-17/h3-9,11,13,20H,2,10,12H2,1H3. The molecule has 0 aliphatic heterocycles. The summed E-state index contributed by atoms with van der Waals surface area (Å²) in [5.41, 5.74) is 3.49. The summed E-state index contributed by atoms with van der Waals surface area (Å²) in [5.74, 6) is -0.209. The number of nitrogens with zero attached hydrogens (tertiary/aromatic N) is 1. The molecule has 3 heteroatoms. The number of hydrogen-bond donors (Lipinski definition) is 1. The van der Waals surface area contributed by atoms with Crippen molar-refractivity contribution in [3.05, 3.63) is 66.1 Å². The van der Waals surface area contributed by atoms with E-state index in [2.05, 4.69) is 47.3 Å². The lowest BCUT2D eigenvalue weighted by Crippen LogP contribution is -2.10. The van der Waals surface area contributed by atoms with Gasteiger partial charge in [0.2, 0.25) is 0 Å². The molecule has 0 amide bonds. The first kappa shape index (κ1) is 13.7. The van der Waals surface area contributed by atoms with E-state index >= 15 is 0 Å². The van der Waals surface area contributed by atoms with Crippen molar-refractivity contribution < 1.29 is 4.39 Å². The average molecular weight is 282 g/mol. The highest BCUT2D eigenvalue weighted by Gasteiger charge is 2.05. The topological polar surface area (TPSA) is 17.0 Å². The zero-order chi connectivity index (χ0) is 14.7. The number of aromatic nitrogens is 1. The van der Waals surface area contributed by atoms with E-state index in [0.29, 0.717) is 0 Å². The quantitative estimate of drug-likeness (QED) is 0.731. The molecule has 0 atom stereocenters. The molecule has 0 saturated heterocycles. The highest BCUT2D eigenvalue weighted by molar-refractivity contribution is 5.83. The van der Waals surface area contributed by atoms with Gasteiger partial charge in [-0.05, 0) is 41.6 Å². The molecule has 0 fully saturated rings. The number of hydrogen-bond acceptors (Lipinski definition) is 1. The van der Waals surface area contributed by atoms with E-state index in [4.69, 9.17) is 0 Å². The van der Waals surface area contributed by atoms with Crippen LogP contribution in [0.1, 0.15) is 12.5 Å². The zero-order valence-corrected chi connectivity index (χ0v) is 12.1. The van der Waals surface area contributed by atoms with Gasteiger partial charge in [0.15, 0.2) is 0 Å². The minimum absolute atomic E-state index is 0.209. The SMILES string of the molecule is CCc1cccc2ccn(CCNc3cccc(F)c3)c12. The summed E-state index contributed by atoms with van der Waals surface area (Å²) < 4.78 is 15.4. The first-order valence-corrected chi connectivity index (χ1v) is 7.34. The van der Waals surface area contributed by atoms with Crippen molar-refractivity contribution >= 4 is 16.6 Å². The van der Waals surface area contributed by atoms with Crippen LogP contribution in [0.3, 0.4) is 0 Å². The van der Waals surface area contributed by atoms with Gasteiger partial charge in [0, 0.05) is 25.0 Å². The monoisotopic (exact) mass is 282 g/mol. The van der Waals surface area contributed by atoms with Crippen LogP contribution in [0, 0.1) is 5.82 Å². The fourth-order valence-electron chi connectivity index (χ4n) is 2.73. The summed E-state index contributed by atoms with van der Waals surface area (Å²) in [6.07, 6.45) is 3.15. The molecule has 108 valence electrons. The van der Waals surface area contributed by atoms with Gasteiger partial charge in [-0.3, -0.25) is 0 Å². The van der Waals surface area contributed by atoms with Crippen molar-refractivity contribution in [2.75, 3.05) is 11.9 Å². The van der Waals surface area contributed by atoms with Crippen molar-refractivity contribution in [3.8, 4) is 0 Å². The number of benzene rings is 2. The molecule has 0 aliphatic rings. The maximum absolute atomic E-state index is 13.1. The Morgan fingerprint density at radius 3 is 2.76 bits per heavy atom. The van der Waals surface area contributed by atoms with Gasteiger partial charge >= 0.3 is 0 Å². The van der Waals surface area contributed by atoms with Gasteiger partial charge in [0.25, 0.3) is 0 Å². The van der Waals surface area contributed by atoms with Crippen LogP contribution in [0.15, 0.2) is 54.7 Å². The Morgan fingerprint density at radius 1 is 1.10 bits per heavy atom. The summed E-state index contributed by atoms with van der Waals surface area (Å²) in [6, 6.07) is 15.2. The Kier molecular flexibility index (Phi) is 3.91. The Hall–Kier alpha value is -2.29. The molecular weight excluding hydrogens is 263 g/mol. The third-order valence-corrected chi connectivity index (χ3v) is 3.76. The van der Waals surface area contributed by atoms with Gasteiger partial charge in [-0.2, -0.15) is 0 Å². The molecule has 2 nitrogen and oxygen atoms in total. The van der Waals surface area contributed by atoms with Crippen LogP contribution in [-0.2, 0) is 13.0 Å². The van der Waals surface area contributed by atoms with E-state index in [9.17, 15) is 4.39 Å². The average Bonchev–Trinajstić information content (AvgIpc) is 2.91. The number of rotatable bonds is 5. The molecule has 0 spiro atoms. The van der Waals surface area contributed by atoms with Crippen LogP contribution < -0.4 is 5.32 Å². The third-order valence-electron chi connectivity index (χ3n) is 3.76. The van der Waals surface area contributed by atoms with E-state index in [1.165, 1.54) is 28.6 Å². The lowest BCUT2D eigenvalue weighted by Gasteiger charge is -2.10. The highest BCUT2D eigenvalue weighted by Crippen LogP contribution is 2.21. The number of halogens is 1. The van der Waals surface area contributed by atoms with Crippen LogP contribution in [0.25, 0.3) is 10.9 Å². The van der Waals surface area contributed by atoms with Crippen LogP contribution in [-0.4, -0.2) is 11.1 Å². The molecule has 1 heterocycles. The van der Waals surface area contributed by atoms with Gasteiger partial charge in [0.1, 0.15) is 5.82 Å². The van der Waals surface area contributed by atoms with Crippen molar-refractivity contribution in [1.29, 1.82) is 0 Å². The van der Waals surface area contributed by atoms with Gasteiger partial charge in [-0.15, -0.1) is 0 Å². The van der Waals surface area contributed by atoms with E-state index in [-0.39, 0.29) is 5.82 Å². The van der Waals surface area contributed by atoms with Crippen LogP contribution in [0.4, 0.5) is 10.1 Å². The first-order valence-electron chi connectivity index (χ1n) is 7.34. The Bertz CT molecular complexity index is 746. The van der Waals surface area contributed by atoms with Gasteiger partial charge < -0.3 is 9.88 Å². The molecule has 0 saturated carbocycles. The number of para-hydroxylation sites is 1. The van der Waals surface area contributed by atoms with E-state index in [1.807, 2.05) is 6.07 Å². The maximum atomic E-state index is 13.1. The van der Waals surface area contributed by atoms with Crippen LogP contribution in [0.5, 0.6) is 0 Å². The smallest absolute Gasteiger partial charge is 0.125 e. The molecule has 3 rings (SSSR count). The molecule has 1 aromatic heterocycles. The van der Waals surface area contributed by atoms with Crippen molar-refractivity contribution in [2.24, 2.45) is 0 Å². The summed E-state index contributed by atoms with van der Waals surface area (Å²) in [5, 5.41) is 4.54. The number of aryl methyl sites for hydroxylation is 1.